The summed E-state index contributed by atoms with van der Waals surface area (Å²) in [5, 5.41) is 7.67. The molecule has 124 valence electrons. The zero-order chi connectivity index (χ0) is 14.7. The van der Waals surface area contributed by atoms with Crippen LogP contribution in [0.5, 0.6) is 0 Å². The van der Waals surface area contributed by atoms with Gasteiger partial charge in [-0.2, -0.15) is 5.10 Å². The third-order valence-electron chi connectivity index (χ3n) is 5.05. The summed E-state index contributed by atoms with van der Waals surface area (Å²) in [6.45, 7) is 6.10. The van der Waals surface area contributed by atoms with Crippen molar-refractivity contribution in [2.45, 2.75) is 45.6 Å². The van der Waals surface area contributed by atoms with E-state index in [9.17, 15) is 0 Å². The summed E-state index contributed by atoms with van der Waals surface area (Å²) in [4.78, 5) is 7.29. The Morgan fingerprint density at radius 2 is 2.14 bits per heavy atom. The highest BCUT2D eigenvalue weighted by Crippen LogP contribution is 2.45. The highest BCUT2D eigenvalue weighted by molar-refractivity contribution is 14.0. The molecule has 0 bridgehead atoms. The molecule has 2 aliphatic rings. The molecular formula is C16H28IN5. The number of nitrogens with zero attached hydrogens (tertiary/aromatic N) is 4. The molecule has 1 N–H and O–H groups in total. The van der Waals surface area contributed by atoms with Crippen LogP contribution in [-0.4, -0.2) is 40.3 Å². The summed E-state index contributed by atoms with van der Waals surface area (Å²) in [5.41, 5.74) is 1.74. The molecule has 0 amide bonds. The Morgan fingerprint density at radius 3 is 2.77 bits per heavy atom. The smallest absolute Gasteiger partial charge is 0.194 e. The summed E-state index contributed by atoms with van der Waals surface area (Å²) in [5.74, 6) is 1.07. The molecule has 3 rings (SSSR count). The lowest BCUT2D eigenvalue weighted by atomic mass is 9.86. The van der Waals surface area contributed by atoms with Crippen molar-refractivity contribution in [3.05, 3.63) is 18.0 Å². The molecule has 1 saturated carbocycles. The summed E-state index contributed by atoms with van der Waals surface area (Å²) in [7, 11) is 1.97. The van der Waals surface area contributed by atoms with Crippen molar-refractivity contribution >= 4 is 29.9 Å². The van der Waals surface area contributed by atoms with Crippen molar-refractivity contribution in [1.82, 2.24) is 20.0 Å². The van der Waals surface area contributed by atoms with E-state index in [4.69, 9.17) is 4.99 Å². The number of aryl methyl sites for hydroxylation is 1. The fourth-order valence-electron chi connectivity index (χ4n) is 3.79. The van der Waals surface area contributed by atoms with E-state index < -0.39 is 0 Å². The molecule has 1 aliphatic heterocycles. The molecule has 0 aromatic carbocycles. The number of guanidine groups is 1. The zero-order valence-corrected chi connectivity index (χ0v) is 16.0. The molecule has 2 fully saturated rings. The van der Waals surface area contributed by atoms with Crippen molar-refractivity contribution in [2.24, 2.45) is 17.5 Å². The van der Waals surface area contributed by atoms with Crippen molar-refractivity contribution in [3.8, 4) is 0 Å². The molecule has 6 heteroatoms. The van der Waals surface area contributed by atoms with Gasteiger partial charge >= 0.3 is 0 Å². The van der Waals surface area contributed by atoms with Gasteiger partial charge < -0.3 is 10.2 Å². The molecule has 0 atom stereocenters. The van der Waals surface area contributed by atoms with Gasteiger partial charge in [0.1, 0.15) is 0 Å². The Balaban J connectivity index is 0.00000176. The summed E-state index contributed by atoms with van der Waals surface area (Å²) < 4.78 is 1.90. The Morgan fingerprint density at radius 1 is 1.36 bits per heavy atom. The number of hydrogen-bond acceptors (Lipinski definition) is 2. The van der Waals surface area contributed by atoms with Crippen LogP contribution in [0.4, 0.5) is 0 Å². The van der Waals surface area contributed by atoms with Crippen LogP contribution in [0.3, 0.4) is 0 Å². The van der Waals surface area contributed by atoms with E-state index in [1.54, 1.807) is 0 Å². The summed E-state index contributed by atoms with van der Waals surface area (Å²) in [6, 6.07) is 2.04. The van der Waals surface area contributed by atoms with Crippen molar-refractivity contribution in [2.75, 3.05) is 19.6 Å². The molecule has 1 saturated heterocycles. The fraction of sp³-hybridized carbons (Fsp3) is 0.750. The highest BCUT2D eigenvalue weighted by Gasteiger charge is 2.41. The zero-order valence-electron chi connectivity index (χ0n) is 13.7. The van der Waals surface area contributed by atoms with Gasteiger partial charge in [-0.3, -0.25) is 4.68 Å². The molecular weight excluding hydrogens is 389 g/mol. The van der Waals surface area contributed by atoms with Gasteiger partial charge in [0.15, 0.2) is 5.96 Å². The van der Waals surface area contributed by atoms with Gasteiger partial charge in [-0.15, -0.1) is 24.0 Å². The largest absolute Gasteiger partial charge is 0.357 e. The minimum absolute atomic E-state index is 0. The lowest BCUT2D eigenvalue weighted by Gasteiger charge is -2.25. The Kier molecular flexibility index (Phi) is 6.11. The quantitative estimate of drug-likeness (QED) is 0.468. The molecule has 2 heterocycles. The number of aromatic nitrogens is 2. The van der Waals surface area contributed by atoms with Gasteiger partial charge in [-0.05, 0) is 37.7 Å². The average Bonchev–Trinajstić information content (AvgIpc) is 3.19. The average molecular weight is 417 g/mol. The van der Waals surface area contributed by atoms with E-state index in [0.29, 0.717) is 12.0 Å². The van der Waals surface area contributed by atoms with Crippen LogP contribution in [0.25, 0.3) is 0 Å². The lowest BCUT2D eigenvalue weighted by molar-refractivity contribution is 0.309. The van der Waals surface area contributed by atoms with E-state index in [2.05, 4.69) is 22.2 Å². The van der Waals surface area contributed by atoms with Crippen LogP contribution in [0.15, 0.2) is 17.3 Å². The third-order valence-corrected chi connectivity index (χ3v) is 5.05. The van der Waals surface area contributed by atoms with Crippen molar-refractivity contribution in [3.63, 3.8) is 0 Å². The first-order chi connectivity index (χ1) is 10.2. The van der Waals surface area contributed by atoms with E-state index in [-0.39, 0.29) is 24.0 Å². The molecule has 1 aromatic heterocycles. The second-order valence-electron chi connectivity index (χ2n) is 6.49. The topological polar surface area (TPSA) is 45.5 Å². The molecule has 1 aliphatic carbocycles. The summed E-state index contributed by atoms with van der Waals surface area (Å²) >= 11 is 0. The minimum Gasteiger partial charge on any atom is -0.357 e. The number of nitrogens with one attached hydrogen (secondary N) is 1. The SMILES string of the molecule is CCNC(=NCc1ccnn1C)N1CCC2(CCCC2)C1.I. The maximum absolute atomic E-state index is 4.82. The van der Waals surface area contributed by atoms with Gasteiger partial charge in [0.2, 0.25) is 0 Å². The molecule has 1 aromatic rings. The van der Waals surface area contributed by atoms with Crippen LogP contribution in [-0.2, 0) is 13.6 Å². The minimum atomic E-state index is 0. The van der Waals surface area contributed by atoms with Crippen LogP contribution < -0.4 is 5.32 Å². The van der Waals surface area contributed by atoms with Crippen LogP contribution in [0, 0.1) is 5.41 Å². The first-order valence-electron chi connectivity index (χ1n) is 8.23. The van der Waals surface area contributed by atoms with Crippen molar-refractivity contribution in [1.29, 1.82) is 0 Å². The van der Waals surface area contributed by atoms with Crippen LogP contribution in [0.1, 0.15) is 44.7 Å². The van der Waals surface area contributed by atoms with Gasteiger partial charge in [0.25, 0.3) is 0 Å². The van der Waals surface area contributed by atoms with E-state index in [1.807, 2.05) is 24.0 Å². The van der Waals surface area contributed by atoms with Crippen LogP contribution >= 0.6 is 24.0 Å². The fourth-order valence-corrected chi connectivity index (χ4v) is 3.79. The molecule has 22 heavy (non-hydrogen) atoms. The standard InChI is InChI=1S/C16H27N5.HI/c1-3-17-15(18-12-14-6-10-19-20(14)2)21-11-9-16(13-21)7-4-5-8-16;/h6,10H,3-5,7-9,11-13H2,1-2H3,(H,17,18);1H. The normalized spacial score (nSPS) is 20.5. The third kappa shape index (κ3) is 3.75. The second kappa shape index (κ2) is 7.66. The van der Waals surface area contributed by atoms with Crippen molar-refractivity contribution < 1.29 is 0 Å². The van der Waals surface area contributed by atoms with Gasteiger partial charge in [0, 0.05) is 32.9 Å². The number of rotatable bonds is 3. The van der Waals surface area contributed by atoms with E-state index in [1.165, 1.54) is 38.6 Å². The predicted octanol–water partition coefficient (Wildman–Crippen LogP) is 2.77. The Labute approximate surface area is 150 Å². The predicted molar refractivity (Wildman–Crippen MR) is 101 cm³/mol. The monoisotopic (exact) mass is 417 g/mol. The summed E-state index contributed by atoms with van der Waals surface area (Å²) in [6.07, 6.45) is 8.81. The first kappa shape index (κ1) is 17.6. The molecule has 0 unspecified atom stereocenters. The van der Waals surface area contributed by atoms with Crippen LogP contribution in [0.2, 0.25) is 0 Å². The molecule has 1 spiro atoms. The van der Waals surface area contributed by atoms with Gasteiger partial charge in [0.05, 0.1) is 12.2 Å². The van der Waals surface area contributed by atoms with E-state index in [0.717, 1.165) is 24.7 Å². The number of aliphatic imine (C=N–C) groups is 1. The maximum Gasteiger partial charge on any atom is 0.194 e. The van der Waals surface area contributed by atoms with E-state index >= 15 is 0 Å². The lowest BCUT2D eigenvalue weighted by Crippen LogP contribution is -2.41. The number of halogens is 1. The Bertz CT molecular complexity index is 504. The second-order valence-corrected chi connectivity index (χ2v) is 6.49. The Hall–Kier alpha value is -0.790. The number of hydrogen-bond donors (Lipinski definition) is 1. The first-order valence-corrected chi connectivity index (χ1v) is 8.23. The molecule has 5 nitrogen and oxygen atoms in total. The number of likely N-dealkylation sites (tertiary alicyclic amines) is 1. The maximum atomic E-state index is 4.82. The molecule has 0 radical (unpaired) electrons. The highest BCUT2D eigenvalue weighted by atomic mass is 127. The van der Waals surface area contributed by atoms with Gasteiger partial charge in [-0.25, -0.2) is 4.99 Å². The van der Waals surface area contributed by atoms with Gasteiger partial charge in [-0.1, -0.05) is 12.8 Å².